The molecule has 0 aromatic heterocycles. The van der Waals surface area contributed by atoms with E-state index in [4.69, 9.17) is 9.47 Å². The number of sulfonamides is 1. The first-order valence-electron chi connectivity index (χ1n) is 11.1. The highest BCUT2D eigenvalue weighted by atomic mass is 32.2. The third-order valence-electron chi connectivity index (χ3n) is 5.63. The average Bonchev–Trinajstić information content (AvgIpc) is 2.83. The van der Waals surface area contributed by atoms with Crippen molar-refractivity contribution in [2.45, 2.75) is 37.8 Å². The minimum absolute atomic E-state index is 0.0586. The Hall–Kier alpha value is -3.36. The summed E-state index contributed by atoms with van der Waals surface area (Å²) in [5, 5.41) is 2.90. The summed E-state index contributed by atoms with van der Waals surface area (Å²) in [4.78, 5) is 12.9. The lowest BCUT2D eigenvalue weighted by Crippen LogP contribution is -2.36. The van der Waals surface area contributed by atoms with Crippen LogP contribution in [0.2, 0.25) is 0 Å². The Labute approximate surface area is 200 Å². The first-order chi connectivity index (χ1) is 16.3. The molecule has 0 atom stereocenters. The second-order valence-electron chi connectivity index (χ2n) is 8.39. The van der Waals surface area contributed by atoms with Crippen LogP contribution in [-0.4, -0.2) is 38.4 Å². The zero-order valence-electron chi connectivity index (χ0n) is 19.4. The van der Waals surface area contributed by atoms with Crippen molar-refractivity contribution in [2.75, 3.05) is 19.0 Å². The van der Waals surface area contributed by atoms with Crippen molar-refractivity contribution in [3.8, 4) is 11.5 Å². The molecule has 0 fully saturated rings. The highest BCUT2D eigenvalue weighted by Gasteiger charge is 2.28. The van der Waals surface area contributed by atoms with E-state index in [0.717, 1.165) is 11.1 Å². The van der Waals surface area contributed by atoms with E-state index in [2.05, 4.69) is 5.32 Å². The predicted octanol–water partition coefficient (Wildman–Crippen LogP) is 4.48. The van der Waals surface area contributed by atoms with Gasteiger partial charge < -0.3 is 14.8 Å². The third-order valence-corrected chi connectivity index (χ3v) is 7.49. The van der Waals surface area contributed by atoms with Crippen LogP contribution in [0.3, 0.4) is 0 Å². The van der Waals surface area contributed by atoms with Gasteiger partial charge in [0.1, 0.15) is 11.5 Å². The number of fused-ring (bicyclic) bond motifs is 1. The maximum absolute atomic E-state index is 13.1. The molecule has 0 bridgehead atoms. The Morgan fingerprint density at radius 3 is 2.26 bits per heavy atom. The van der Waals surface area contributed by atoms with Gasteiger partial charge >= 0.3 is 0 Å². The summed E-state index contributed by atoms with van der Waals surface area (Å²) < 4.78 is 38.5. The minimum atomic E-state index is -3.64. The Morgan fingerprint density at radius 1 is 0.941 bits per heavy atom. The van der Waals surface area contributed by atoms with E-state index < -0.39 is 10.0 Å². The summed E-state index contributed by atoms with van der Waals surface area (Å²) in [5.41, 5.74) is 3.09. The van der Waals surface area contributed by atoms with Gasteiger partial charge in [-0.15, -0.1) is 0 Å². The van der Waals surface area contributed by atoms with Crippen molar-refractivity contribution in [1.29, 1.82) is 0 Å². The molecule has 1 aliphatic rings. The van der Waals surface area contributed by atoms with Crippen LogP contribution in [0.25, 0.3) is 0 Å². The number of anilines is 1. The van der Waals surface area contributed by atoms with Gasteiger partial charge in [0.2, 0.25) is 10.0 Å². The molecule has 3 aromatic carbocycles. The average molecular weight is 481 g/mol. The SMILES string of the molecule is COc1ccc(S(=O)(=O)N2CCc3ccc(NC(=O)c4ccc(OC(C)C)cc4)cc3C2)cc1. The molecule has 178 valence electrons. The maximum atomic E-state index is 13.1. The number of carbonyl (C=O) groups excluding carboxylic acids is 1. The fourth-order valence-electron chi connectivity index (χ4n) is 3.87. The number of nitrogens with one attached hydrogen (secondary N) is 1. The summed E-state index contributed by atoms with van der Waals surface area (Å²) in [6, 6.07) is 19.0. The largest absolute Gasteiger partial charge is 0.497 e. The van der Waals surface area contributed by atoms with E-state index in [-0.39, 0.29) is 23.5 Å². The molecule has 0 unspecified atom stereocenters. The van der Waals surface area contributed by atoms with Crippen molar-refractivity contribution < 1.29 is 22.7 Å². The van der Waals surface area contributed by atoms with Crippen LogP contribution < -0.4 is 14.8 Å². The van der Waals surface area contributed by atoms with Crippen molar-refractivity contribution in [3.05, 3.63) is 83.4 Å². The molecule has 7 nitrogen and oxygen atoms in total. The summed E-state index contributed by atoms with van der Waals surface area (Å²) in [5.74, 6) is 1.07. The van der Waals surface area contributed by atoms with Gasteiger partial charge in [-0.2, -0.15) is 4.31 Å². The lowest BCUT2D eigenvalue weighted by molar-refractivity contribution is 0.102. The minimum Gasteiger partial charge on any atom is -0.497 e. The van der Waals surface area contributed by atoms with Gasteiger partial charge in [-0.3, -0.25) is 4.79 Å². The molecule has 0 spiro atoms. The van der Waals surface area contributed by atoms with E-state index >= 15 is 0 Å². The molecule has 0 saturated carbocycles. The van der Waals surface area contributed by atoms with E-state index in [1.165, 1.54) is 11.4 Å². The second kappa shape index (κ2) is 9.87. The van der Waals surface area contributed by atoms with Crippen molar-refractivity contribution in [2.24, 2.45) is 0 Å². The summed E-state index contributed by atoms with van der Waals surface area (Å²) >= 11 is 0. The van der Waals surface area contributed by atoms with E-state index in [0.29, 0.717) is 35.7 Å². The van der Waals surface area contributed by atoms with Crippen LogP contribution in [0, 0.1) is 0 Å². The highest BCUT2D eigenvalue weighted by Crippen LogP contribution is 2.28. The normalized spacial score (nSPS) is 13.9. The Bertz CT molecular complexity index is 1270. The number of nitrogens with zero attached hydrogens (tertiary/aromatic N) is 1. The van der Waals surface area contributed by atoms with Crippen LogP contribution in [0.5, 0.6) is 11.5 Å². The highest BCUT2D eigenvalue weighted by molar-refractivity contribution is 7.89. The van der Waals surface area contributed by atoms with E-state index in [9.17, 15) is 13.2 Å². The number of ether oxygens (including phenoxy) is 2. The molecule has 1 N–H and O–H groups in total. The molecule has 8 heteroatoms. The Balaban J connectivity index is 1.48. The molecular formula is C26H28N2O5S. The fourth-order valence-corrected chi connectivity index (χ4v) is 5.29. The predicted molar refractivity (Wildman–Crippen MR) is 131 cm³/mol. The number of hydrogen-bond donors (Lipinski definition) is 1. The maximum Gasteiger partial charge on any atom is 0.255 e. The summed E-state index contributed by atoms with van der Waals surface area (Å²) in [6.07, 6.45) is 0.666. The molecule has 34 heavy (non-hydrogen) atoms. The second-order valence-corrected chi connectivity index (χ2v) is 10.3. The zero-order valence-corrected chi connectivity index (χ0v) is 20.3. The van der Waals surface area contributed by atoms with Crippen LogP contribution in [0.4, 0.5) is 5.69 Å². The van der Waals surface area contributed by atoms with Crippen molar-refractivity contribution >= 4 is 21.6 Å². The standard InChI is InChI=1S/C26H28N2O5S/c1-18(2)33-24-8-5-20(6-9-24)26(29)27-22-7-4-19-14-15-28(17-21(19)16-22)34(30,31)25-12-10-23(32-3)11-13-25/h4-13,16,18H,14-15,17H2,1-3H3,(H,27,29). The topological polar surface area (TPSA) is 84.9 Å². The first kappa shape index (κ1) is 23.8. The fraction of sp³-hybridized carbons (Fsp3) is 0.269. The van der Waals surface area contributed by atoms with Gasteiger partial charge in [0, 0.05) is 24.3 Å². The Morgan fingerprint density at radius 2 is 1.62 bits per heavy atom. The van der Waals surface area contributed by atoms with Gasteiger partial charge in [-0.25, -0.2) is 8.42 Å². The van der Waals surface area contributed by atoms with Crippen molar-refractivity contribution in [3.63, 3.8) is 0 Å². The Kier molecular flexibility index (Phi) is 6.90. The molecule has 3 aromatic rings. The molecule has 1 heterocycles. The van der Waals surface area contributed by atoms with Gasteiger partial charge in [0.25, 0.3) is 5.91 Å². The lowest BCUT2D eigenvalue weighted by atomic mass is 10.0. The van der Waals surface area contributed by atoms with Gasteiger partial charge in [0.05, 0.1) is 18.1 Å². The number of hydrogen-bond acceptors (Lipinski definition) is 5. The van der Waals surface area contributed by atoms with Crippen LogP contribution >= 0.6 is 0 Å². The van der Waals surface area contributed by atoms with Crippen molar-refractivity contribution in [1.82, 2.24) is 4.31 Å². The number of rotatable bonds is 7. The molecule has 4 rings (SSSR count). The number of methoxy groups -OCH3 is 1. The third kappa shape index (κ3) is 5.24. The van der Waals surface area contributed by atoms with E-state index in [1.807, 2.05) is 32.0 Å². The summed E-state index contributed by atoms with van der Waals surface area (Å²) in [6.45, 7) is 4.53. The summed E-state index contributed by atoms with van der Waals surface area (Å²) in [7, 11) is -2.10. The number of benzene rings is 3. The number of carbonyl (C=O) groups is 1. The number of amides is 1. The van der Waals surface area contributed by atoms with Crippen LogP contribution in [-0.2, 0) is 23.0 Å². The molecular weight excluding hydrogens is 452 g/mol. The van der Waals surface area contributed by atoms with Gasteiger partial charge in [-0.1, -0.05) is 6.07 Å². The molecule has 0 aliphatic carbocycles. The van der Waals surface area contributed by atoms with Crippen LogP contribution in [0.15, 0.2) is 71.6 Å². The molecule has 0 radical (unpaired) electrons. The first-order valence-corrected chi connectivity index (χ1v) is 12.5. The molecule has 1 aliphatic heterocycles. The molecule has 1 amide bonds. The quantitative estimate of drug-likeness (QED) is 0.539. The van der Waals surface area contributed by atoms with Gasteiger partial charge in [-0.05, 0) is 92.1 Å². The van der Waals surface area contributed by atoms with Gasteiger partial charge in [0.15, 0.2) is 0 Å². The molecule has 0 saturated heterocycles. The monoisotopic (exact) mass is 480 g/mol. The van der Waals surface area contributed by atoms with E-state index in [1.54, 1.807) is 48.5 Å². The smallest absolute Gasteiger partial charge is 0.255 e. The zero-order chi connectivity index (χ0) is 24.3. The van der Waals surface area contributed by atoms with Crippen LogP contribution in [0.1, 0.15) is 35.3 Å². The lowest BCUT2D eigenvalue weighted by Gasteiger charge is -2.28.